The van der Waals surface area contributed by atoms with Crippen LogP contribution in [0.15, 0.2) is 35.3 Å². The largest absolute Gasteiger partial charge is 0.379 e. The van der Waals surface area contributed by atoms with Gasteiger partial charge in [0, 0.05) is 57.9 Å². The van der Waals surface area contributed by atoms with E-state index in [-0.39, 0.29) is 0 Å². The first-order valence-electron chi connectivity index (χ1n) is 11.8. The summed E-state index contributed by atoms with van der Waals surface area (Å²) in [4.78, 5) is 10.0. The van der Waals surface area contributed by atoms with Crippen LogP contribution < -0.4 is 10.6 Å². The molecule has 3 atom stereocenters. The summed E-state index contributed by atoms with van der Waals surface area (Å²) in [7, 11) is 0. The molecule has 2 fully saturated rings. The lowest BCUT2D eigenvalue weighted by Crippen LogP contribution is -2.51. The number of rotatable bonds is 8. The minimum absolute atomic E-state index is 0.486. The van der Waals surface area contributed by atoms with Crippen molar-refractivity contribution in [1.82, 2.24) is 20.4 Å². The van der Waals surface area contributed by atoms with Crippen molar-refractivity contribution < 1.29 is 4.74 Å². The Bertz CT molecular complexity index is 632. The fourth-order valence-corrected chi connectivity index (χ4v) is 4.45. The molecule has 3 rings (SSSR count). The Morgan fingerprint density at radius 1 is 1.20 bits per heavy atom. The van der Waals surface area contributed by atoms with Gasteiger partial charge in [0.2, 0.25) is 0 Å². The van der Waals surface area contributed by atoms with Gasteiger partial charge in [-0.15, -0.1) is 0 Å². The lowest BCUT2D eigenvalue weighted by Gasteiger charge is -2.38. The third kappa shape index (κ3) is 7.56. The second-order valence-corrected chi connectivity index (χ2v) is 8.91. The van der Waals surface area contributed by atoms with E-state index in [9.17, 15) is 0 Å². The van der Waals surface area contributed by atoms with Crippen LogP contribution in [0.25, 0.3) is 0 Å². The van der Waals surface area contributed by atoms with Gasteiger partial charge in [-0.1, -0.05) is 37.3 Å². The van der Waals surface area contributed by atoms with Crippen LogP contribution in [-0.4, -0.2) is 80.3 Å². The van der Waals surface area contributed by atoms with Gasteiger partial charge in [-0.25, -0.2) is 0 Å². The van der Waals surface area contributed by atoms with E-state index in [4.69, 9.17) is 9.73 Å². The van der Waals surface area contributed by atoms with Crippen LogP contribution in [0.1, 0.15) is 39.2 Å². The summed E-state index contributed by atoms with van der Waals surface area (Å²) >= 11 is 0. The minimum Gasteiger partial charge on any atom is -0.379 e. The van der Waals surface area contributed by atoms with Gasteiger partial charge in [-0.3, -0.25) is 14.8 Å². The number of piperidine rings is 1. The van der Waals surface area contributed by atoms with Crippen LogP contribution in [-0.2, 0) is 11.3 Å². The Kier molecular flexibility index (Phi) is 9.43. The van der Waals surface area contributed by atoms with Crippen LogP contribution in [0.2, 0.25) is 0 Å². The predicted octanol–water partition coefficient (Wildman–Crippen LogP) is 2.56. The van der Waals surface area contributed by atoms with Crippen LogP contribution in [0.4, 0.5) is 0 Å². The van der Waals surface area contributed by atoms with Crippen LogP contribution in [0.5, 0.6) is 0 Å². The van der Waals surface area contributed by atoms with Gasteiger partial charge in [0.1, 0.15) is 0 Å². The molecule has 2 aliphatic heterocycles. The van der Waals surface area contributed by atoms with Gasteiger partial charge >= 0.3 is 0 Å². The van der Waals surface area contributed by atoms with Crippen molar-refractivity contribution in [2.24, 2.45) is 10.9 Å². The summed E-state index contributed by atoms with van der Waals surface area (Å²) < 4.78 is 5.45. The molecule has 0 spiro atoms. The topological polar surface area (TPSA) is 52.1 Å². The highest BCUT2D eigenvalue weighted by Gasteiger charge is 2.26. The van der Waals surface area contributed by atoms with Gasteiger partial charge in [-0.2, -0.15) is 0 Å². The zero-order valence-electron chi connectivity index (χ0n) is 19.1. The average Bonchev–Trinajstić information content (AvgIpc) is 2.76. The van der Waals surface area contributed by atoms with Crippen molar-refractivity contribution in [3.63, 3.8) is 0 Å². The molecule has 6 nitrogen and oxygen atoms in total. The Hall–Kier alpha value is -1.63. The lowest BCUT2D eigenvalue weighted by atomic mass is 9.97. The molecule has 0 aliphatic carbocycles. The monoisotopic (exact) mass is 415 g/mol. The van der Waals surface area contributed by atoms with Crippen molar-refractivity contribution in [1.29, 1.82) is 0 Å². The Balaban J connectivity index is 1.45. The summed E-state index contributed by atoms with van der Waals surface area (Å²) in [6.07, 6.45) is 2.31. The quantitative estimate of drug-likeness (QED) is 0.505. The van der Waals surface area contributed by atoms with E-state index >= 15 is 0 Å². The number of hydrogen-bond acceptors (Lipinski definition) is 4. The molecule has 168 valence electrons. The summed E-state index contributed by atoms with van der Waals surface area (Å²) in [5.74, 6) is 1.52. The summed E-state index contributed by atoms with van der Waals surface area (Å²) in [5.41, 5.74) is 1.40. The number of guanidine groups is 1. The zero-order chi connectivity index (χ0) is 21.2. The van der Waals surface area contributed by atoms with Crippen molar-refractivity contribution in [3.8, 4) is 0 Å². The molecule has 3 unspecified atom stereocenters. The van der Waals surface area contributed by atoms with Gasteiger partial charge in [0.25, 0.3) is 0 Å². The lowest BCUT2D eigenvalue weighted by molar-refractivity contribution is 0.0323. The fourth-order valence-electron chi connectivity index (χ4n) is 4.45. The molecule has 1 aromatic rings. The maximum Gasteiger partial charge on any atom is 0.191 e. The number of nitrogens with zero attached hydrogens (tertiary/aromatic N) is 3. The van der Waals surface area contributed by atoms with E-state index in [0.29, 0.717) is 18.0 Å². The van der Waals surface area contributed by atoms with Crippen molar-refractivity contribution >= 4 is 5.96 Å². The molecule has 0 bridgehead atoms. The van der Waals surface area contributed by atoms with E-state index < -0.39 is 0 Å². The molecule has 0 aromatic heterocycles. The number of aliphatic imine (C=N–C) groups is 1. The van der Waals surface area contributed by atoms with Crippen LogP contribution >= 0.6 is 0 Å². The highest BCUT2D eigenvalue weighted by atomic mass is 16.5. The average molecular weight is 416 g/mol. The standard InChI is InChI=1S/C24H41N5O/c1-4-25-24(26-17-20(2)18-28-12-14-30-15-13-28)27-23-10-11-29(21(3)16-23)19-22-8-6-5-7-9-22/h5-9,20-21,23H,4,10-19H2,1-3H3,(H2,25,26,27). The van der Waals surface area contributed by atoms with Gasteiger partial charge in [0.15, 0.2) is 5.96 Å². The Morgan fingerprint density at radius 3 is 2.67 bits per heavy atom. The highest BCUT2D eigenvalue weighted by molar-refractivity contribution is 5.80. The summed E-state index contributed by atoms with van der Waals surface area (Å²) in [5, 5.41) is 7.16. The molecule has 2 aliphatic rings. The number of likely N-dealkylation sites (tertiary alicyclic amines) is 1. The number of hydrogen-bond donors (Lipinski definition) is 2. The molecule has 0 amide bonds. The first-order chi connectivity index (χ1) is 14.6. The van der Waals surface area contributed by atoms with Crippen LogP contribution in [0, 0.1) is 5.92 Å². The highest BCUT2D eigenvalue weighted by Crippen LogP contribution is 2.20. The molecular formula is C24H41N5O. The molecule has 30 heavy (non-hydrogen) atoms. The van der Waals surface area contributed by atoms with Gasteiger partial charge in [0.05, 0.1) is 13.2 Å². The maximum atomic E-state index is 5.45. The smallest absolute Gasteiger partial charge is 0.191 e. The number of ether oxygens (including phenoxy) is 1. The minimum atomic E-state index is 0.486. The summed E-state index contributed by atoms with van der Waals surface area (Å²) in [6, 6.07) is 11.9. The van der Waals surface area contributed by atoms with E-state index in [1.165, 1.54) is 5.56 Å². The molecule has 2 saturated heterocycles. The third-order valence-corrected chi connectivity index (χ3v) is 6.16. The summed E-state index contributed by atoms with van der Waals surface area (Å²) in [6.45, 7) is 15.6. The van der Waals surface area contributed by atoms with Crippen molar-refractivity contribution in [2.75, 3.05) is 52.5 Å². The zero-order valence-corrected chi connectivity index (χ0v) is 19.1. The molecule has 0 saturated carbocycles. The van der Waals surface area contributed by atoms with E-state index in [0.717, 1.165) is 77.8 Å². The molecule has 1 aromatic carbocycles. The van der Waals surface area contributed by atoms with Crippen molar-refractivity contribution in [2.45, 2.75) is 52.2 Å². The predicted molar refractivity (Wildman–Crippen MR) is 125 cm³/mol. The Morgan fingerprint density at radius 2 is 1.97 bits per heavy atom. The van der Waals surface area contributed by atoms with E-state index in [2.05, 4.69) is 71.5 Å². The van der Waals surface area contributed by atoms with Gasteiger partial charge < -0.3 is 15.4 Å². The maximum absolute atomic E-state index is 5.45. The second kappa shape index (κ2) is 12.3. The van der Waals surface area contributed by atoms with E-state index in [1.807, 2.05) is 0 Å². The molecule has 0 radical (unpaired) electrons. The van der Waals surface area contributed by atoms with Gasteiger partial charge in [-0.05, 0) is 38.2 Å². The number of nitrogens with one attached hydrogen (secondary N) is 2. The fraction of sp³-hybridized carbons (Fsp3) is 0.708. The first-order valence-corrected chi connectivity index (χ1v) is 11.8. The number of benzene rings is 1. The molecule has 2 N–H and O–H groups in total. The molecule has 2 heterocycles. The molecule has 6 heteroatoms. The second-order valence-electron chi connectivity index (χ2n) is 8.91. The van der Waals surface area contributed by atoms with Crippen molar-refractivity contribution in [3.05, 3.63) is 35.9 Å². The molecular weight excluding hydrogens is 374 g/mol. The SMILES string of the molecule is CCNC(=NCC(C)CN1CCOCC1)NC1CCN(Cc2ccccc2)C(C)C1. The number of morpholine rings is 1. The Labute approximate surface area is 183 Å². The normalized spacial score (nSPS) is 25.1. The van der Waals surface area contributed by atoms with E-state index in [1.54, 1.807) is 0 Å². The first kappa shape index (κ1) is 23.0. The van der Waals surface area contributed by atoms with Crippen LogP contribution in [0.3, 0.4) is 0 Å². The third-order valence-electron chi connectivity index (χ3n) is 6.16.